The average molecular weight is 445 g/mol. The van der Waals surface area contributed by atoms with E-state index >= 15 is 0 Å². The number of nitrogens with one attached hydrogen (secondary N) is 1. The zero-order valence-electron chi connectivity index (χ0n) is 17.1. The van der Waals surface area contributed by atoms with Gasteiger partial charge in [0.25, 0.3) is 5.69 Å². The fourth-order valence-electron chi connectivity index (χ4n) is 3.25. The number of rotatable bonds is 7. The fourth-order valence-corrected chi connectivity index (χ4v) is 4.42. The number of nitro groups is 1. The van der Waals surface area contributed by atoms with Crippen LogP contribution in [0.1, 0.15) is 11.1 Å². The van der Waals surface area contributed by atoms with E-state index in [1.165, 1.54) is 27.9 Å². The van der Waals surface area contributed by atoms with Gasteiger partial charge in [-0.25, -0.2) is 8.42 Å². The highest BCUT2D eigenvalue weighted by Gasteiger charge is 2.26. The summed E-state index contributed by atoms with van der Waals surface area (Å²) < 4.78 is 26.5. The maximum absolute atomic E-state index is 12.5. The number of non-ortho nitro benzene ring substituents is 1. The Balaban J connectivity index is 1.51. The van der Waals surface area contributed by atoms with Crippen molar-refractivity contribution in [1.82, 2.24) is 9.21 Å². The first-order chi connectivity index (χ1) is 14.7. The van der Waals surface area contributed by atoms with Gasteiger partial charge in [0.1, 0.15) is 0 Å². The summed E-state index contributed by atoms with van der Waals surface area (Å²) >= 11 is 0. The summed E-state index contributed by atoms with van der Waals surface area (Å²) in [5.41, 5.74) is 1.89. The molecular weight excluding hydrogens is 420 g/mol. The SMILES string of the molecule is Cc1cc([N+](=O)[O-])ccc1NC(=O)CN1CCN(S(=O)(=O)/C=C/c2ccccc2)CC1. The van der Waals surface area contributed by atoms with E-state index in [-0.39, 0.29) is 18.1 Å². The summed E-state index contributed by atoms with van der Waals surface area (Å²) in [6.07, 6.45) is 1.57. The van der Waals surface area contributed by atoms with Crippen LogP contribution in [0.15, 0.2) is 53.9 Å². The van der Waals surface area contributed by atoms with Crippen LogP contribution in [0.5, 0.6) is 0 Å². The molecule has 0 aromatic heterocycles. The molecule has 3 rings (SSSR count). The monoisotopic (exact) mass is 444 g/mol. The van der Waals surface area contributed by atoms with E-state index in [9.17, 15) is 23.3 Å². The summed E-state index contributed by atoms with van der Waals surface area (Å²) in [5, 5.41) is 14.8. The number of nitro benzene ring substituents is 1. The lowest BCUT2D eigenvalue weighted by Gasteiger charge is -2.32. The van der Waals surface area contributed by atoms with Crippen molar-refractivity contribution in [3.05, 3.63) is 75.2 Å². The Bertz CT molecular complexity index is 1080. The summed E-state index contributed by atoms with van der Waals surface area (Å²) in [4.78, 5) is 24.6. The predicted octanol–water partition coefficient (Wildman–Crippen LogP) is 2.46. The molecule has 10 heteroatoms. The lowest BCUT2D eigenvalue weighted by atomic mass is 10.2. The maximum Gasteiger partial charge on any atom is 0.269 e. The fraction of sp³-hybridized carbons (Fsp3) is 0.286. The van der Waals surface area contributed by atoms with Gasteiger partial charge in [-0.1, -0.05) is 30.3 Å². The molecule has 1 aliphatic heterocycles. The van der Waals surface area contributed by atoms with Crippen molar-refractivity contribution in [3.8, 4) is 0 Å². The lowest BCUT2D eigenvalue weighted by Crippen LogP contribution is -2.49. The van der Waals surface area contributed by atoms with Crippen LogP contribution in [0.3, 0.4) is 0 Å². The zero-order valence-corrected chi connectivity index (χ0v) is 17.9. The van der Waals surface area contributed by atoms with E-state index in [0.29, 0.717) is 37.4 Å². The molecule has 0 radical (unpaired) electrons. The van der Waals surface area contributed by atoms with Gasteiger partial charge in [-0.05, 0) is 30.2 Å². The summed E-state index contributed by atoms with van der Waals surface area (Å²) in [6.45, 7) is 3.27. The number of aryl methyl sites for hydroxylation is 1. The van der Waals surface area contributed by atoms with Crippen molar-refractivity contribution in [2.24, 2.45) is 0 Å². The third-order valence-electron chi connectivity index (χ3n) is 4.99. The topological polar surface area (TPSA) is 113 Å². The molecule has 0 bridgehead atoms. The van der Waals surface area contributed by atoms with Crippen LogP contribution in [-0.4, -0.2) is 61.2 Å². The average Bonchev–Trinajstić information content (AvgIpc) is 2.75. The second kappa shape index (κ2) is 9.82. The Morgan fingerprint density at radius 3 is 2.42 bits per heavy atom. The van der Waals surface area contributed by atoms with Gasteiger partial charge in [0, 0.05) is 49.4 Å². The highest BCUT2D eigenvalue weighted by atomic mass is 32.2. The van der Waals surface area contributed by atoms with Crippen LogP contribution < -0.4 is 5.32 Å². The van der Waals surface area contributed by atoms with Crippen molar-refractivity contribution in [2.45, 2.75) is 6.92 Å². The number of hydrogen-bond donors (Lipinski definition) is 1. The van der Waals surface area contributed by atoms with Crippen molar-refractivity contribution < 1.29 is 18.1 Å². The van der Waals surface area contributed by atoms with E-state index in [1.54, 1.807) is 13.0 Å². The van der Waals surface area contributed by atoms with Gasteiger partial charge in [-0.2, -0.15) is 4.31 Å². The molecule has 0 spiro atoms. The molecule has 31 heavy (non-hydrogen) atoms. The van der Waals surface area contributed by atoms with E-state index < -0.39 is 14.9 Å². The lowest BCUT2D eigenvalue weighted by molar-refractivity contribution is -0.384. The van der Waals surface area contributed by atoms with E-state index in [0.717, 1.165) is 5.56 Å². The largest absolute Gasteiger partial charge is 0.325 e. The van der Waals surface area contributed by atoms with Crippen molar-refractivity contribution >= 4 is 33.4 Å². The number of anilines is 1. The molecule has 1 saturated heterocycles. The van der Waals surface area contributed by atoms with E-state index in [4.69, 9.17) is 0 Å². The third-order valence-corrected chi connectivity index (χ3v) is 6.55. The number of benzene rings is 2. The number of piperazine rings is 1. The van der Waals surface area contributed by atoms with E-state index in [1.807, 2.05) is 35.2 Å². The number of amides is 1. The van der Waals surface area contributed by atoms with Crippen LogP contribution in [0.2, 0.25) is 0 Å². The Hall–Kier alpha value is -3.08. The molecule has 1 N–H and O–H groups in total. The molecule has 1 heterocycles. The molecule has 1 fully saturated rings. The van der Waals surface area contributed by atoms with Gasteiger partial charge in [-0.3, -0.25) is 19.8 Å². The molecule has 0 atom stereocenters. The highest BCUT2D eigenvalue weighted by Crippen LogP contribution is 2.21. The minimum Gasteiger partial charge on any atom is -0.325 e. The molecule has 164 valence electrons. The Morgan fingerprint density at radius 2 is 1.81 bits per heavy atom. The molecule has 2 aromatic carbocycles. The quantitative estimate of drug-likeness (QED) is 0.518. The van der Waals surface area contributed by atoms with Crippen LogP contribution in [0.25, 0.3) is 6.08 Å². The van der Waals surface area contributed by atoms with Crippen molar-refractivity contribution in [1.29, 1.82) is 0 Å². The summed E-state index contributed by atoms with van der Waals surface area (Å²) in [5.74, 6) is -0.253. The van der Waals surface area contributed by atoms with Gasteiger partial charge < -0.3 is 5.32 Å². The number of hydrogen-bond acceptors (Lipinski definition) is 6. The zero-order chi connectivity index (χ0) is 22.4. The second-order valence-corrected chi connectivity index (χ2v) is 9.06. The molecular formula is C21H24N4O5S. The van der Waals surface area contributed by atoms with Crippen LogP contribution in [0.4, 0.5) is 11.4 Å². The third kappa shape index (κ3) is 6.20. The number of nitrogens with zero attached hydrogens (tertiary/aromatic N) is 3. The maximum atomic E-state index is 12.5. The molecule has 0 saturated carbocycles. The van der Waals surface area contributed by atoms with Crippen LogP contribution in [0, 0.1) is 17.0 Å². The summed E-state index contributed by atoms with van der Waals surface area (Å²) in [6, 6.07) is 13.5. The molecule has 0 unspecified atom stereocenters. The second-order valence-electron chi connectivity index (χ2n) is 7.24. The standard InChI is InChI=1S/C21H24N4O5S/c1-17-15-19(25(27)28)7-8-20(17)22-21(26)16-23-10-12-24(13-11-23)31(29,30)14-9-18-5-3-2-4-6-18/h2-9,14-15H,10-13,16H2,1H3,(H,22,26)/b14-9+. The Kier molecular flexibility index (Phi) is 7.16. The molecule has 0 aliphatic carbocycles. The van der Waals surface area contributed by atoms with Gasteiger partial charge in [0.05, 0.1) is 11.5 Å². The van der Waals surface area contributed by atoms with Gasteiger partial charge in [0.2, 0.25) is 15.9 Å². The number of sulfonamides is 1. The Labute approximate surface area is 181 Å². The first kappa shape index (κ1) is 22.6. The van der Waals surface area contributed by atoms with Crippen molar-refractivity contribution in [2.75, 3.05) is 38.0 Å². The van der Waals surface area contributed by atoms with E-state index in [2.05, 4.69) is 5.32 Å². The Morgan fingerprint density at radius 1 is 1.13 bits per heavy atom. The predicted molar refractivity (Wildman–Crippen MR) is 119 cm³/mol. The molecule has 9 nitrogen and oxygen atoms in total. The summed E-state index contributed by atoms with van der Waals surface area (Å²) in [7, 11) is -3.53. The normalized spacial score (nSPS) is 15.8. The van der Waals surface area contributed by atoms with Gasteiger partial charge in [-0.15, -0.1) is 0 Å². The number of carbonyl (C=O) groups excluding carboxylic acids is 1. The first-order valence-corrected chi connectivity index (χ1v) is 11.3. The smallest absolute Gasteiger partial charge is 0.269 e. The molecule has 1 amide bonds. The first-order valence-electron chi connectivity index (χ1n) is 9.75. The van der Waals surface area contributed by atoms with Crippen LogP contribution in [-0.2, 0) is 14.8 Å². The minimum absolute atomic E-state index is 0.0332. The molecule has 2 aromatic rings. The van der Waals surface area contributed by atoms with Gasteiger partial charge in [0.15, 0.2) is 0 Å². The van der Waals surface area contributed by atoms with Crippen LogP contribution >= 0.6 is 0 Å². The van der Waals surface area contributed by atoms with Crippen molar-refractivity contribution in [3.63, 3.8) is 0 Å². The van der Waals surface area contributed by atoms with Gasteiger partial charge >= 0.3 is 0 Å². The highest BCUT2D eigenvalue weighted by molar-refractivity contribution is 7.92. The minimum atomic E-state index is -3.53. The molecule has 1 aliphatic rings. The number of carbonyl (C=O) groups is 1.